The molecule has 2 nitrogen and oxygen atoms in total. The maximum Gasteiger partial charge on any atom is 0.0521 e. The fraction of sp³-hybridized carbons (Fsp3) is 0.714. The zero-order chi connectivity index (χ0) is 10.6. The number of anilines is 1. The molecule has 4 saturated carbocycles. The van der Waals surface area contributed by atoms with E-state index < -0.39 is 0 Å². The van der Waals surface area contributed by atoms with Gasteiger partial charge in [0.15, 0.2) is 0 Å². The van der Waals surface area contributed by atoms with Crippen LogP contribution in [0.2, 0.25) is 0 Å². The summed E-state index contributed by atoms with van der Waals surface area (Å²) in [6.45, 7) is 0. The zero-order valence-electron chi connectivity index (χ0n) is 9.71. The molecule has 0 atom stereocenters. The molecule has 0 aromatic carbocycles. The van der Waals surface area contributed by atoms with Gasteiger partial charge in [-0.1, -0.05) is 0 Å². The highest BCUT2D eigenvalue weighted by Gasteiger charge is 2.50. The number of aromatic nitrogens is 1. The first kappa shape index (κ1) is 9.15. The standard InChI is InChI=1S/C14H20N2/c1-2-15-9-13(1)16-14-6-10-3-11(7-14)5-12(4-10)8-14/h1-2,9-12,15-16H,3-8H2. The fourth-order valence-electron chi connectivity index (χ4n) is 4.97. The second-order valence-electron chi connectivity index (χ2n) is 6.42. The van der Waals surface area contributed by atoms with Crippen molar-refractivity contribution in [1.82, 2.24) is 4.98 Å². The third-order valence-electron chi connectivity index (χ3n) is 5.05. The Bertz CT molecular complexity index is 344. The van der Waals surface area contributed by atoms with Gasteiger partial charge in [-0.05, 0) is 62.3 Å². The average molecular weight is 216 g/mol. The van der Waals surface area contributed by atoms with Crippen LogP contribution in [0, 0.1) is 17.8 Å². The molecule has 0 radical (unpaired) electrons. The molecule has 16 heavy (non-hydrogen) atoms. The number of hydrogen-bond acceptors (Lipinski definition) is 1. The number of rotatable bonds is 2. The Morgan fingerprint density at radius 2 is 1.69 bits per heavy atom. The van der Waals surface area contributed by atoms with Gasteiger partial charge < -0.3 is 10.3 Å². The Morgan fingerprint density at radius 3 is 2.19 bits per heavy atom. The number of aromatic amines is 1. The summed E-state index contributed by atoms with van der Waals surface area (Å²) in [6, 6.07) is 2.17. The van der Waals surface area contributed by atoms with Crippen molar-refractivity contribution in [1.29, 1.82) is 0 Å². The number of nitrogens with one attached hydrogen (secondary N) is 2. The van der Waals surface area contributed by atoms with E-state index in [9.17, 15) is 0 Å². The monoisotopic (exact) mass is 216 g/mol. The van der Waals surface area contributed by atoms with Crippen molar-refractivity contribution in [2.75, 3.05) is 5.32 Å². The molecule has 4 aliphatic carbocycles. The van der Waals surface area contributed by atoms with Gasteiger partial charge in [-0.25, -0.2) is 0 Å². The lowest BCUT2D eigenvalue weighted by Crippen LogP contribution is -2.54. The van der Waals surface area contributed by atoms with Gasteiger partial charge in [0.1, 0.15) is 0 Å². The molecule has 4 aliphatic rings. The van der Waals surface area contributed by atoms with Crippen LogP contribution in [0.3, 0.4) is 0 Å². The highest BCUT2D eigenvalue weighted by atomic mass is 15.0. The Balaban J connectivity index is 1.62. The van der Waals surface area contributed by atoms with E-state index in [-0.39, 0.29) is 0 Å². The molecular formula is C14H20N2. The summed E-state index contributed by atoms with van der Waals surface area (Å²) in [5.74, 6) is 3.08. The van der Waals surface area contributed by atoms with Crippen LogP contribution >= 0.6 is 0 Å². The van der Waals surface area contributed by atoms with Gasteiger partial charge in [0.2, 0.25) is 0 Å². The Hall–Kier alpha value is -0.920. The van der Waals surface area contributed by atoms with Crippen LogP contribution in [-0.2, 0) is 0 Å². The summed E-state index contributed by atoms with van der Waals surface area (Å²) < 4.78 is 0. The molecule has 0 aliphatic heterocycles. The van der Waals surface area contributed by atoms with E-state index in [1.54, 1.807) is 0 Å². The van der Waals surface area contributed by atoms with Crippen molar-refractivity contribution in [2.24, 2.45) is 17.8 Å². The van der Waals surface area contributed by atoms with Gasteiger partial charge in [0.25, 0.3) is 0 Å². The molecule has 5 rings (SSSR count). The van der Waals surface area contributed by atoms with Crippen molar-refractivity contribution in [3.05, 3.63) is 18.5 Å². The highest BCUT2D eigenvalue weighted by Crippen LogP contribution is 2.56. The molecule has 86 valence electrons. The molecule has 1 aromatic heterocycles. The highest BCUT2D eigenvalue weighted by molar-refractivity contribution is 5.44. The normalized spacial score (nSPS) is 44.9. The molecule has 1 aromatic rings. The first-order valence-electron chi connectivity index (χ1n) is 6.72. The van der Waals surface area contributed by atoms with Gasteiger partial charge in [-0.2, -0.15) is 0 Å². The van der Waals surface area contributed by atoms with Crippen LogP contribution in [-0.4, -0.2) is 10.5 Å². The van der Waals surface area contributed by atoms with Crippen LogP contribution in [0.1, 0.15) is 38.5 Å². The van der Waals surface area contributed by atoms with E-state index in [0.717, 1.165) is 17.8 Å². The lowest BCUT2D eigenvalue weighted by molar-refractivity contribution is 0.0107. The van der Waals surface area contributed by atoms with E-state index in [0.29, 0.717) is 5.54 Å². The second kappa shape index (κ2) is 3.06. The number of H-pyrrole nitrogens is 1. The van der Waals surface area contributed by atoms with Gasteiger partial charge in [-0.15, -0.1) is 0 Å². The zero-order valence-corrected chi connectivity index (χ0v) is 9.71. The SMILES string of the molecule is c1cc(NC23CC4CC(CC(C4)C2)C3)c[nH]1. The van der Waals surface area contributed by atoms with E-state index in [2.05, 4.69) is 22.6 Å². The summed E-state index contributed by atoms with van der Waals surface area (Å²) in [5.41, 5.74) is 1.75. The van der Waals surface area contributed by atoms with Gasteiger partial charge in [0.05, 0.1) is 5.69 Å². The summed E-state index contributed by atoms with van der Waals surface area (Å²) in [5, 5.41) is 3.84. The minimum Gasteiger partial charge on any atom is -0.378 e. The molecule has 2 heteroatoms. The smallest absolute Gasteiger partial charge is 0.0521 e. The summed E-state index contributed by atoms with van der Waals surface area (Å²) in [7, 11) is 0. The van der Waals surface area contributed by atoms with Crippen molar-refractivity contribution in [3.8, 4) is 0 Å². The minimum atomic E-state index is 0.455. The van der Waals surface area contributed by atoms with E-state index >= 15 is 0 Å². The largest absolute Gasteiger partial charge is 0.378 e. The minimum absolute atomic E-state index is 0.455. The van der Waals surface area contributed by atoms with Crippen molar-refractivity contribution >= 4 is 5.69 Å². The van der Waals surface area contributed by atoms with Gasteiger partial charge in [-0.3, -0.25) is 0 Å². The van der Waals surface area contributed by atoms with Crippen molar-refractivity contribution < 1.29 is 0 Å². The Labute approximate surface area is 96.8 Å². The molecule has 4 bridgehead atoms. The molecule has 4 fully saturated rings. The third kappa shape index (κ3) is 1.32. The Morgan fingerprint density at radius 1 is 1.06 bits per heavy atom. The van der Waals surface area contributed by atoms with Crippen molar-refractivity contribution in [2.45, 2.75) is 44.1 Å². The molecule has 0 spiro atoms. The van der Waals surface area contributed by atoms with Crippen LogP contribution in [0.4, 0.5) is 5.69 Å². The topological polar surface area (TPSA) is 27.8 Å². The number of hydrogen-bond donors (Lipinski definition) is 2. The average Bonchev–Trinajstić information content (AvgIpc) is 2.66. The molecule has 2 N–H and O–H groups in total. The summed E-state index contributed by atoms with van der Waals surface area (Å²) in [6.07, 6.45) is 12.9. The Kier molecular flexibility index (Phi) is 1.75. The summed E-state index contributed by atoms with van der Waals surface area (Å²) in [4.78, 5) is 3.15. The molecular weight excluding hydrogens is 196 g/mol. The van der Waals surface area contributed by atoms with E-state index in [4.69, 9.17) is 0 Å². The van der Waals surface area contributed by atoms with Crippen LogP contribution in [0.25, 0.3) is 0 Å². The van der Waals surface area contributed by atoms with Gasteiger partial charge >= 0.3 is 0 Å². The predicted molar refractivity (Wildman–Crippen MR) is 65.3 cm³/mol. The fourth-order valence-corrected chi connectivity index (χ4v) is 4.97. The summed E-state index contributed by atoms with van der Waals surface area (Å²) >= 11 is 0. The maximum atomic E-state index is 3.84. The van der Waals surface area contributed by atoms with E-state index in [1.807, 2.05) is 6.20 Å². The lowest BCUT2D eigenvalue weighted by atomic mass is 9.53. The molecule has 1 heterocycles. The predicted octanol–water partition coefficient (Wildman–Crippen LogP) is 3.40. The van der Waals surface area contributed by atoms with E-state index in [1.165, 1.54) is 44.2 Å². The third-order valence-corrected chi connectivity index (χ3v) is 5.05. The van der Waals surface area contributed by atoms with Gasteiger partial charge in [0, 0.05) is 17.9 Å². The van der Waals surface area contributed by atoms with Crippen LogP contribution in [0.5, 0.6) is 0 Å². The first-order chi connectivity index (χ1) is 7.81. The van der Waals surface area contributed by atoms with Crippen molar-refractivity contribution in [3.63, 3.8) is 0 Å². The van der Waals surface area contributed by atoms with Crippen LogP contribution < -0.4 is 5.32 Å². The maximum absolute atomic E-state index is 3.84. The molecule has 0 saturated heterocycles. The second-order valence-corrected chi connectivity index (χ2v) is 6.42. The first-order valence-corrected chi connectivity index (χ1v) is 6.72. The molecule has 0 amide bonds. The lowest BCUT2D eigenvalue weighted by Gasteiger charge is -2.57. The van der Waals surface area contributed by atoms with Crippen LogP contribution in [0.15, 0.2) is 18.5 Å². The quantitative estimate of drug-likeness (QED) is 0.779. The molecule has 0 unspecified atom stereocenters.